The fourth-order valence-electron chi connectivity index (χ4n) is 1.05. The molecule has 2 heterocycles. The molecule has 0 spiro atoms. The number of carboxylic acids is 1. The first-order chi connectivity index (χ1) is 6.59. The Bertz CT molecular complexity index is 523. The summed E-state index contributed by atoms with van der Waals surface area (Å²) in [6.07, 6.45) is 1.17. The molecule has 14 heavy (non-hydrogen) atoms. The van der Waals surface area contributed by atoms with Crippen LogP contribution in [0.1, 0.15) is 10.4 Å². The molecule has 0 radical (unpaired) electrons. The van der Waals surface area contributed by atoms with Crippen molar-refractivity contribution in [3.05, 3.63) is 28.1 Å². The van der Waals surface area contributed by atoms with Crippen LogP contribution in [0.25, 0.3) is 5.65 Å². The van der Waals surface area contributed by atoms with Crippen LogP contribution in [0, 0.1) is 0 Å². The van der Waals surface area contributed by atoms with Gasteiger partial charge in [-0.15, -0.1) is 0 Å². The predicted octanol–water partition coefficient (Wildman–Crippen LogP) is 1.73. The van der Waals surface area contributed by atoms with Gasteiger partial charge in [0.15, 0.2) is 5.65 Å². The fraction of sp³-hybridized carbons (Fsp3) is 0. The third-order valence-electron chi connectivity index (χ3n) is 1.63. The molecule has 0 atom stereocenters. The van der Waals surface area contributed by atoms with Gasteiger partial charge in [0, 0.05) is 6.07 Å². The second-order valence-electron chi connectivity index (χ2n) is 2.50. The Morgan fingerprint density at radius 2 is 2.21 bits per heavy atom. The van der Waals surface area contributed by atoms with Crippen LogP contribution in [-0.4, -0.2) is 25.7 Å². The van der Waals surface area contributed by atoms with Gasteiger partial charge in [-0.1, -0.05) is 23.2 Å². The van der Waals surface area contributed by atoms with Crippen LogP contribution in [-0.2, 0) is 0 Å². The minimum absolute atomic E-state index is 0.0330. The van der Waals surface area contributed by atoms with Crippen molar-refractivity contribution < 1.29 is 9.90 Å². The molecular formula is C7H3Cl2N3O2. The Labute approximate surface area is 87.9 Å². The van der Waals surface area contributed by atoms with E-state index in [2.05, 4.69) is 10.1 Å². The molecule has 0 aliphatic heterocycles. The zero-order chi connectivity index (χ0) is 10.3. The summed E-state index contributed by atoms with van der Waals surface area (Å²) in [6.45, 7) is 0. The molecule has 1 N–H and O–H groups in total. The highest BCUT2D eigenvalue weighted by Gasteiger charge is 2.14. The van der Waals surface area contributed by atoms with E-state index in [1.807, 2.05) is 0 Å². The number of fused-ring (bicyclic) bond motifs is 1. The van der Waals surface area contributed by atoms with Crippen LogP contribution >= 0.6 is 23.2 Å². The molecule has 2 rings (SSSR count). The third kappa shape index (κ3) is 1.30. The number of hydrogen-bond acceptors (Lipinski definition) is 3. The molecule has 0 bridgehead atoms. The normalized spacial score (nSPS) is 10.7. The topological polar surface area (TPSA) is 67.5 Å². The van der Waals surface area contributed by atoms with Crippen molar-refractivity contribution >= 4 is 34.8 Å². The van der Waals surface area contributed by atoms with E-state index in [1.54, 1.807) is 0 Å². The summed E-state index contributed by atoms with van der Waals surface area (Å²) in [4.78, 5) is 14.5. The van der Waals surface area contributed by atoms with Gasteiger partial charge in [0.2, 0.25) is 0 Å². The van der Waals surface area contributed by atoms with Crippen LogP contribution < -0.4 is 0 Å². The van der Waals surface area contributed by atoms with Gasteiger partial charge in [0.05, 0.1) is 6.20 Å². The van der Waals surface area contributed by atoms with Gasteiger partial charge < -0.3 is 5.11 Å². The molecule has 0 aliphatic rings. The molecule has 0 saturated heterocycles. The van der Waals surface area contributed by atoms with E-state index >= 15 is 0 Å². The van der Waals surface area contributed by atoms with Gasteiger partial charge in [0.25, 0.3) is 0 Å². The first kappa shape index (κ1) is 9.23. The van der Waals surface area contributed by atoms with Gasteiger partial charge in [-0.2, -0.15) is 5.10 Å². The first-order valence-electron chi connectivity index (χ1n) is 3.52. The monoisotopic (exact) mass is 231 g/mol. The minimum Gasteiger partial charge on any atom is -0.477 e. The van der Waals surface area contributed by atoms with E-state index in [-0.39, 0.29) is 21.5 Å². The second kappa shape index (κ2) is 3.11. The summed E-state index contributed by atoms with van der Waals surface area (Å²) in [5, 5.41) is 12.9. The van der Waals surface area contributed by atoms with E-state index in [0.29, 0.717) is 0 Å². The Balaban J connectivity index is 2.85. The molecule has 0 unspecified atom stereocenters. The molecule has 7 heteroatoms. The highest BCUT2D eigenvalue weighted by Crippen LogP contribution is 2.18. The minimum atomic E-state index is -1.12. The summed E-state index contributed by atoms with van der Waals surface area (Å²) >= 11 is 11.4. The van der Waals surface area contributed by atoms with E-state index in [0.717, 1.165) is 0 Å². The van der Waals surface area contributed by atoms with Gasteiger partial charge >= 0.3 is 5.97 Å². The molecule has 5 nitrogen and oxygen atoms in total. The summed E-state index contributed by atoms with van der Waals surface area (Å²) in [6, 6.07) is 1.38. The van der Waals surface area contributed by atoms with Crippen LogP contribution in [0.2, 0.25) is 10.3 Å². The Morgan fingerprint density at radius 3 is 2.86 bits per heavy atom. The lowest BCUT2D eigenvalue weighted by atomic mass is 10.3. The SMILES string of the molecule is O=C(O)c1cnn2c(Cl)cc(Cl)nc12. The van der Waals surface area contributed by atoms with Gasteiger partial charge in [0.1, 0.15) is 15.9 Å². The van der Waals surface area contributed by atoms with Gasteiger partial charge in [-0.3, -0.25) is 0 Å². The maximum atomic E-state index is 10.7. The lowest BCUT2D eigenvalue weighted by Gasteiger charge is -1.97. The number of halogens is 2. The van der Waals surface area contributed by atoms with Crippen molar-refractivity contribution in [1.82, 2.24) is 14.6 Å². The van der Waals surface area contributed by atoms with Crippen LogP contribution in [0.15, 0.2) is 12.3 Å². The smallest absolute Gasteiger partial charge is 0.341 e. The molecule has 0 aliphatic carbocycles. The number of hydrogen-bond donors (Lipinski definition) is 1. The van der Waals surface area contributed by atoms with Crippen LogP contribution in [0.4, 0.5) is 0 Å². The summed E-state index contributed by atoms with van der Waals surface area (Å²) in [7, 11) is 0. The molecule has 0 saturated carbocycles. The van der Waals surface area contributed by atoms with Gasteiger partial charge in [-0.05, 0) is 0 Å². The summed E-state index contributed by atoms with van der Waals surface area (Å²) < 4.78 is 1.21. The molecule has 2 aromatic heterocycles. The average molecular weight is 232 g/mol. The van der Waals surface area contributed by atoms with Crippen molar-refractivity contribution in [1.29, 1.82) is 0 Å². The van der Waals surface area contributed by atoms with Crippen molar-refractivity contribution in [2.75, 3.05) is 0 Å². The summed E-state index contributed by atoms with van der Waals surface area (Å²) in [5.74, 6) is -1.12. The number of aromatic nitrogens is 3. The largest absolute Gasteiger partial charge is 0.477 e. The van der Waals surface area contributed by atoms with Crippen LogP contribution in [0.5, 0.6) is 0 Å². The summed E-state index contributed by atoms with van der Waals surface area (Å²) in [5.41, 5.74) is 0.101. The zero-order valence-electron chi connectivity index (χ0n) is 6.61. The maximum absolute atomic E-state index is 10.7. The average Bonchev–Trinajstić information content (AvgIpc) is 2.47. The lowest BCUT2D eigenvalue weighted by Crippen LogP contribution is -1.98. The maximum Gasteiger partial charge on any atom is 0.341 e. The zero-order valence-corrected chi connectivity index (χ0v) is 8.12. The standard InChI is InChI=1S/C7H3Cl2N3O2/c8-4-1-5(9)12-6(11-4)3(2-10-12)7(13)14/h1-2H,(H,13,14). The Morgan fingerprint density at radius 1 is 1.50 bits per heavy atom. The number of carbonyl (C=O) groups is 1. The number of aromatic carboxylic acids is 1. The quantitative estimate of drug-likeness (QED) is 0.760. The molecule has 0 aromatic carbocycles. The van der Waals surface area contributed by atoms with Crippen molar-refractivity contribution in [2.45, 2.75) is 0 Å². The lowest BCUT2D eigenvalue weighted by molar-refractivity contribution is 0.0699. The highest BCUT2D eigenvalue weighted by atomic mass is 35.5. The molecule has 2 aromatic rings. The van der Waals surface area contributed by atoms with Crippen molar-refractivity contribution in [3.8, 4) is 0 Å². The van der Waals surface area contributed by atoms with Gasteiger partial charge in [-0.25, -0.2) is 14.3 Å². The van der Waals surface area contributed by atoms with Crippen LogP contribution in [0.3, 0.4) is 0 Å². The van der Waals surface area contributed by atoms with E-state index in [4.69, 9.17) is 28.3 Å². The second-order valence-corrected chi connectivity index (χ2v) is 3.27. The fourth-order valence-corrected chi connectivity index (χ4v) is 1.52. The third-order valence-corrected chi connectivity index (χ3v) is 2.09. The number of nitrogens with zero attached hydrogens (tertiary/aromatic N) is 3. The first-order valence-corrected chi connectivity index (χ1v) is 4.28. The number of carboxylic acid groups (broad SMARTS) is 1. The molecule has 72 valence electrons. The number of rotatable bonds is 1. The molecule has 0 fully saturated rings. The Kier molecular flexibility index (Phi) is 2.05. The Hall–Kier alpha value is -1.33. The molecule has 0 amide bonds. The molecular weight excluding hydrogens is 229 g/mol. The van der Waals surface area contributed by atoms with E-state index < -0.39 is 5.97 Å². The highest BCUT2D eigenvalue weighted by molar-refractivity contribution is 6.33. The van der Waals surface area contributed by atoms with E-state index in [1.165, 1.54) is 16.8 Å². The van der Waals surface area contributed by atoms with Crippen molar-refractivity contribution in [2.24, 2.45) is 0 Å². The van der Waals surface area contributed by atoms with E-state index in [9.17, 15) is 4.79 Å². The van der Waals surface area contributed by atoms with Crippen molar-refractivity contribution in [3.63, 3.8) is 0 Å². The predicted molar refractivity (Wildman–Crippen MR) is 50.0 cm³/mol.